The van der Waals surface area contributed by atoms with Gasteiger partial charge in [0.15, 0.2) is 5.76 Å². The first-order chi connectivity index (χ1) is 26.8. The minimum Gasteiger partial charge on any atom is -0.462 e. The Morgan fingerprint density at radius 1 is 0.611 bits per heavy atom. The van der Waals surface area contributed by atoms with Crippen molar-refractivity contribution in [3.63, 3.8) is 0 Å². The van der Waals surface area contributed by atoms with Crippen LogP contribution in [0.2, 0.25) is 0 Å². The molecule has 0 amide bonds. The molecule has 0 bridgehead atoms. The van der Waals surface area contributed by atoms with Gasteiger partial charge in [-0.05, 0) is 58.5 Å². The van der Waals surface area contributed by atoms with Gasteiger partial charge in [0.2, 0.25) is 0 Å². The number of aromatic nitrogens is 2. The Labute approximate surface area is 317 Å². The predicted octanol–water partition coefficient (Wildman–Crippen LogP) is 14.3. The van der Waals surface area contributed by atoms with Crippen LogP contribution in [0.15, 0.2) is 161 Å². The maximum atomic E-state index is 6.94. The summed E-state index contributed by atoms with van der Waals surface area (Å²) in [6, 6.07) is 49.5. The van der Waals surface area contributed by atoms with Gasteiger partial charge in [0.1, 0.15) is 17.0 Å². The van der Waals surface area contributed by atoms with E-state index in [1.165, 1.54) is 41.9 Å². The number of furan rings is 2. The fourth-order valence-corrected chi connectivity index (χ4v) is 10.9. The van der Waals surface area contributed by atoms with Crippen molar-refractivity contribution in [2.75, 3.05) is 0 Å². The van der Waals surface area contributed by atoms with Crippen LogP contribution in [-0.2, 0) is 0 Å². The van der Waals surface area contributed by atoms with Crippen molar-refractivity contribution in [1.29, 1.82) is 0 Å². The van der Waals surface area contributed by atoms with E-state index in [0.717, 1.165) is 71.2 Å². The topological polar surface area (TPSA) is 55.0 Å². The number of aromatic amines is 1. The van der Waals surface area contributed by atoms with Gasteiger partial charge in [0, 0.05) is 58.9 Å². The van der Waals surface area contributed by atoms with E-state index in [0.29, 0.717) is 0 Å². The number of para-hydroxylation sites is 2. The number of nitrogens with zero attached hydrogens (tertiary/aromatic N) is 1. The molecule has 0 fully saturated rings. The third-order valence-corrected chi connectivity index (χ3v) is 13.4. The van der Waals surface area contributed by atoms with Crippen LogP contribution in [0, 0.1) is 0 Å². The Balaban J connectivity index is 1.30. The molecule has 6 heteroatoms. The zero-order valence-corrected chi connectivity index (χ0v) is 30.3. The number of nitrogens with one attached hydrogen (secondary N) is 1. The molecule has 12 rings (SSSR count). The lowest BCUT2D eigenvalue weighted by Gasteiger charge is -2.20. The smallest absolute Gasteiger partial charge is 0.152 e. The van der Waals surface area contributed by atoms with Gasteiger partial charge in [-0.15, -0.1) is 22.7 Å². The molecule has 1 unspecified atom stereocenters. The molecule has 0 aliphatic heterocycles. The van der Waals surface area contributed by atoms with Crippen molar-refractivity contribution in [3.8, 4) is 43.0 Å². The first-order valence-corrected chi connectivity index (χ1v) is 19.7. The summed E-state index contributed by atoms with van der Waals surface area (Å²) in [4.78, 5) is 3.52. The molecule has 11 aromatic rings. The Kier molecular flexibility index (Phi) is 6.40. The Bertz CT molecular complexity index is 3250. The largest absolute Gasteiger partial charge is 0.462 e. The highest BCUT2D eigenvalue weighted by Crippen LogP contribution is 2.56. The van der Waals surface area contributed by atoms with Gasteiger partial charge in [0.05, 0.1) is 21.5 Å². The van der Waals surface area contributed by atoms with E-state index in [1.807, 2.05) is 23.7 Å². The number of benzene rings is 6. The molecule has 1 N–H and O–H groups in total. The highest BCUT2D eigenvalue weighted by atomic mass is 32.1. The maximum absolute atomic E-state index is 6.94. The van der Waals surface area contributed by atoms with Crippen molar-refractivity contribution in [1.82, 2.24) is 10.2 Å². The minimum atomic E-state index is 0.00208. The van der Waals surface area contributed by atoms with Gasteiger partial charge >= 0.3 is 0 Å². The molecule has 0 radical (unpaired) electrons. The van der Waals surface area contributed by atoms with Crippen LogP contribution in [0.5, 0.6) is 0 Å². The quantitative estimate of drug-likeness (QED) is 0.192. The lowest BCUT2D eigenvalue weighted by Crippen LogP contribution is -2.02. The molecular weight excluding hydrogens is 701 g/mol. The van der Waals surface area contributed by atoms with E-state index in [1.54, 1.807) is 11.3 Å². The molecule has 1 aliphatic carbocycles. The molecule has 0 spiro atoms. The second kappa shape index (κ2) is 11.5. The molecule has 0 saturated heterocycles. The number of H-pyrrole nitrogens is 1. The summed E-state index contributed by atoms with van der Waals surface area (Å²) in [5.74, 6) is 1.67. The normalized spacial score (nSPS) is 14.0. The summed E-state index contributed by atoms with van der Waals surface area (Å²) in [5.41, 5.74) is 8.53. The van der Waals surface area contributed by atoms with Crippen LogP contribution in [0.25, 0.3) is 103 Å². The second-order valence-electron chi connectivity index (χ2n) is 13.9. The van der Waals surface area contributed by atoms with Crippen molar-refractivity contribution < 1.29 is 8.83 Å². The monoisotopic (exact) mass is 728 g/mol. The standard InChI is InChI=1S/C48H28N2O2S2/c1-5-15-31-27(11-1)21-22-33(31)35-25-36-43(44(39-23-28-12-3-9-19-38(28)52-39)42(35)45-34-17-7-8-18-37(34)49-50-45)48(46-32-16-6-2-14-30(32)26-51-46)54-47(36)41-24-29-13-4-10-20-40(29)53-41/h1-26,33H,(H,49,50). The Hall–Kier alpha value is -6.47. The Morgan fingerprint density at radius 2 is 1.39 bits per heavy atom. The average Bonchev–Trinajstić information content (AvgIpc) is 4.07. The number of hydrogen-bond acceptors (Lipinski definition) is 5. The van der Waals surface area contributed by atoms with E-state index in [-0.39, 0.29) is 5.92 Å². The second-order valence-corrected chi connectivity index (χ2v) is 16.0. The SMILES string of the molecule is C1=CC(c2cc3c(-c4cc5ccccc5s4)sc(-c4occ5ccccc45)c3c(-c3cc4ccccc4o3)c2-c2n[nH]c3ccccc23)c2ccccc21. The van der Waals surface area contributed by atoms with Crippen LogP contribution in [0.3, 0.4) is 0 Å². The molecule has 254 valence electrons. The molecule has 1 atom stereocenters. The summed E-state index contributed by atoms with van der Waals surface area (Å²) >= 11 is 3.65. The van der Waals surface area contributed by atoms with Crippen LogP contribution >= 0.6 is 22.7 Å². The summed E-state index contributed by atoms with van der Waals surface area (Å²) in [5, 5.41) is 16.3. The van der Waals surface area contributed by atoms with Crippen molar-refractivity contribution in [3.05, 3.63) is 169 Å². The van der Waals surface area contributed by atoms with E-state index in [2.05, 4.69) is 151 Å². The summed E-state index contributed by atoms with van der Waals surface area (Å²) in [7, 11) is 0. The molecule has 0 saturated carbocycles. The van der Waals surface area contributed by atoms with Crippen LogP contribution in [-0.4, -0.2) is 10.2 Å². The first-order valence-electron chi connectivity index (χ1n) is 18.1. The summed E-state index contributed by atoms with van der Waals surface area (Å²) < 4.78 is 14.8. The molecule has 5 aromatic heterocycles. The number of allylic oxidation sites excluding steroid dienone is 1. The van der Waals surface area contributed by atoms with Gasteiger partial charge in [-0.2, -0.15) is 5.10 Å². The number of rotatable bonds is 5. The van der Waals surface area contributed by atoms with Crippen molar-refractivity contribution in [2.45, 2.75) is 5.92 Å². The summed E-state index contributed by atoms with van der Waals surface area (Å²) in [6.45, 7) is 0. The zero-order valence-electron chi connectivity index (χ0n) is 28.7. The number of hydrogen-bond donors (Lipinski definition) is 1. The molecule has 1 aliphatic rings. The number of thiophene rings is 2. The highest BCUT2D eigenvalue weighted by Gasteiger charge is 2.33. The average molecular weight is 729 g/mol. The van der Waals surface area contributed by atoms with E-state index in [9.17, 15) is 0 Å². The van der Waals surface area contributed by atoms with E-state index in [4.69, 9.17) is 13.9 Å². The van der Waals surface area contributed by atoms with Crippen LogP contribution < -0.4 is 0 Å². The zero-order chi connectivity index (χ0) is 35.3. The third-order valence-electron chi connectivity index (χ3n) is 10.9. The predicted molar refractivity (Wildman–Crippen MR) is 225 cm³/mol. The van der Waals surface area contributed by atoms with Gasteiger partial charge in [0.25, 0.3) is 0 Å². The fourth-order valence-electron chi connectivity index (χ4n) is 8.46. The minimum absolute atomic E-state index is 0.00208. The van der Waals surface area contributed by atoms with Gasteiger partial charge in [-0.25, -0.2) is 0 Å². The molecule has 6 aromatic carbocycles. The fraction of sp³-hybridized carbons (Fsp3) is 0.0208. The van der Waals surface area contributed by atoms with Gasteiger partial charge in [-0.1, -0.05) is 115 Å². The Morgan fingerprint density at radius 3 is 2.30 bits per heavy atom. The highest BCUT2D eigenvalue weighted by molar-refractivity contribution is 7.28. The van der Waals surface area contributed by atoms with Gasteiger partial charge in [-0.3, -0.25) is 5.10 Å². The molecular formula is C48H28N2O2S2. The van der Waals surface area contributed by atoms with Gasteiger partial charge < -0.3 is 8.83 Å². The van der Waals surface area contributed by atoms with Crippen molar-refractivity contribution in [2.24, 2.45) is 0 Å². The third kappa shape index (κ3) is 4.38. The number of fused-ring (bicyclic) bond motifs is 6. The molecule has 4 nitrogen and oxygen atoms in total. The first kappa shape index (κ1) is 30.0. The summed E-state index contributed by atoms with van der Waals surface area (Å²) in [6.07, 6.45) is 6.49. The molecule has 5 heterocycles. The van der Waals surface area contributed by atoms with Crippen molar-refractivity contribution >= 4 is 82.3 Å². The van der Waals surface area contributed by atoms with E-state index >= 15 is 0 Å². The van der Waals surface area contributed by atoms with Crippen LogP contribution in [0.1, 0.15) is 22.6 Å². The maximum Gasteiger partial charge on any atom is 0.152 e. The lowest BCUT2D eigenvalue weighted by atomic mass is 9.82. The van der Waals surface area contributed by atoms with Crippen LogP contribution in [0.4, 0.5) is 0 Å². The van der Waals surface area contributed by atoms with E-state index < -0.39 is 0 Å². The lowest BCUT2D eigenvalue weighted by molar-refractivity contribution is 0.589. The molecule has 54 heavy (non-hydrogen) atoms.